The third-order valence-corrected chi connectivity index (χ3v) is 5.64. The number of thioether (sulfide) groups is 1. The SMILES string of the molecule is CCn1c(COc2cc(C)ccc2Cl)nnc1SCC(=O)Nc1cccc(C(F)(F)F)c1. The molecule has 0 aliphatic rings. The van der Waals surface area contributed by atoms with Crippen molar-refractivity contribution in [3.05, 3.63) is 64.4 Å². The summed E-state index contributed by atoms with van der Waals surface area (Å²) in [6.07, 6.45) is -4.48. The highest BCUT2D eigenvalue weighted by molar-refractivity contribution is 7.99. The zero-order valence-corrected chi connectivity index (χ0v) is 18.8. The molecule has 1 amide bonds. The minimum Gasteiger partial charge on any atom is -0.484 e. The summed E-state index contributed by atoms with van der Waals surface area (Å²) in [5.74, 6) is 0.598. The zero-order chi connectivity index (χ0) is 23.3. The number of aryl methyl sites for hydroxylation is 1. The first-order valence-electron chi connectivity index (χ1n) is 9.58. The fraction of sp³-hybridized carbons (Fsp3) is 0.286. The van der Waals surface area contributed by atoms with Gasteiger partial charge in [0.15, 0.2) is 11.0 Å². The lowest BCUT2D eigenvalue weighted by Gasteiger charge is -2.11. The van der Waals surface area contributed by atoms with Crippen LogP contribution in [0.2, 0.25) is 5.02 Å². The summed E-state index contributed by atoms with van der Waals surface area (Å²) in [5.41, 5.74) is 0.253. The van der Waals surface area contributed by atoms with E-state index in [1.807, 2.05) is 26.0 Å². The second kappa shape index (κ2) is 10.3. The number of aromatic nitrogens is 3. The predicted molar refractivity (Wildman–Crippen MR) is 117 cm³/mol. The lowest BCUT2D eigenvalue weighted by Crippen LogP contribution is -2.15. The monoisotopic (exact) mass is 484 g/mol. The van der Waals surface area contributed by atoms with Crippen molar-refractivity contribution in [2.75, 3.05) is 11.1 Å². The maximum absolute atomic E-state index is 12.8. The lowest BCUT2D eigenvalue weighted by molar-refractivity contribution is -0.137. The molecule has 3 aromatic rings. The van der Waals surface area contributed by atoms with Crippen molar-refractivity contribution >= 4 is 35.0 Å². The Kier molecular flexibility index (Phi) is 7.68. The van der Waals surface area contributed by atoms with Crippen LogP contribution in [-0.4, -0.2) is 26.4 Å². The maximum atomic E-state index is 12.8. The van der Waals surface area contributed by atoms with Gasteiger partial charge in [-0.15, -0.1) is 10.2 Å². The lowest BCUT2D eigenvalue weighted by atomic mass is 10.2. The van der Waals surface area contributed by atoms with Crippen LogP contribution in [0.15, 0.2) is 47.6 Å². The molecular weight excluding hydrogens is 465 g/mol. The minimum atomic E-state index is -4.48. The van der Waals surface area contributed by atoms with Gasteiger partial charge in [-0.1, -0.05) is 35.5 Å². The molecule has 6 nitrogen and oxygen atoms in total. The maximum Gasteiger partial charge on any atom is 0.416 e. The van der Waals surface area contributed by atoms with Gasteiger partial charge in [-0.3, -0.25) is 4.79 Å². The molecule has 11 heteroatoms. The van der Waals surface area contributed by atoms with Gasteiger partial charge in [0.05, 0.1) is 16.3 Å². The van der Waals surface area contributed by atoms with E-state index in [2.05, 4.69) is 15.5 Å². The van der Waals surface area contributed by atoms with Crippen LogP contribution in [0.5, 0.6) is 5.75 Å². The van der Waals surface area contributed by atoms with Gasteiger partial charge in [0.2, 0.25) is 5.91 Å². The third-order valence-electron chi connectivity index (χ3n) is 4.36. The van der Waals surface area contributed by atoms with E-state index in [0.717, 1.165) is 29.5 Å². The summed E-state index contributed by atoms with van der Waals surface area (Å²) in [7, 11) is 0. The molecule has 1 aromatic heterocycles. The van der Waals surface area contributed by atoms with Crippen molar-refractivity contribution in [3.8, 4) is 5.75 Å². The number of nitrogens with zero attached hydrogens (tertiary/aromatic N) is 3. The van der Waals surface area contributed by atoms with Gasteiger partial charge in [0.1, 0.15) is 12.4 Å². The quantitative estimate of drug-likeness (QED) is 0.422. The topological polar surface area (TPSA) is 69.0 Å². The molecule has 0 unspecified atom stereocenters. The Morgan fingerprint density at radius 2 is 2.00 bits per heavy atom. The molecule has 0 bridgehead atoms. The fourth-order valence-corrected chi connectivity index (χ4v) is 3.81. The first-order chi connectivity index (χ1) is 15.2. The first kappa shape index (κ1) is 23.9. The van der Waals surface area contributed by atoms with Gasteiger partial charge >= 0.3 is 6.18 Å². The molecule has 1 N–H and O–H groups in total. The zero-order valence-electron chi connectivity index (χ0n) is 17.2. The summed E-state index contributed by atoms with van der Waals surface area (Å²) in [4.78, 5) is 12.2. The van der Waals surface area contributed by atoms with E-state index in [1.165, 1.54) is 12.1 Å². The Morgan fingerprint density at radius 3 is 2.72 bits per heavy atom. The molecule has 0 saturated heterocycles. The van der Waals surface area contributed by atoms with Crippen LogP contribution in [-0.2, 0) is 24.1 Å². The van der Waals surface area contributed by atoms with Crippen LogP contribution in [0.1, 0.15) is 23.9 Å². The fourth-order valence-electron chi connectivity index (χ4n) is 2.81. The van der Waals surface area contributed by atoms with E-state index >= 15 is 0 Å². The second-order valence-electron chi connectivity index (χ2n) is 6.78. The van der Waals surface area contributed by atoms with E-state index in [9.17, 15) is 18.0 Å². The number of rotatable bonds is 8. The molecule has 0 spiro atoms. The Balaban J connectivity index is 1.60. The van der Waals surface area contributed by atoms with Gasteiger partial charge in [0, 0.05) is 12.2 Å². The summed E-state index contributed by atoms with van der Waals surface area (Å²) in [5, 5.41) is 11.7. The number of hydrogen-bond donors (Lipinski definition) is 1. The average molecular weight is 485 g/mol. The molecule has 170 valence electrons. The number of alkyl halides is 3. The molecular formula is C21H20ClF3N4O2S. The van der Waals surface area contributed by atoms with Crippen LogP contribution < -0.4 is 10.1 Å². The highest BCUT2D eigenvalue weighted by atomic mass is 35.5. The van der Waals surface area contributed by atoms with Crippen molar-refractivity contribution in [3.63, 3.8) is 0 Å². The smallest absolute Gasteiger partial charge is 0.416 e. The van der Waals surface area contributed by atoms with Crippen molar-refractivity contribution in [2.45, 2.75) is 38.3 Å². The molecule has 0 aliphatic carbocycles. The molecule has 32 heavy (non-hydrogen) atoms. The van der Waals surface area contributed by atoms with E-state index < -0.39 is 17.6 Å². The summed E-state index contributed by atoms with van der Waals surface area (Å²) in [6, 6.07) is 9.93. The highest BCUT2D eigenvalue weighted by Gasteiger charge is 2.30. The number of nitrogens with one attached hydrogen (secondary N) is 1. The van der Waals surface area contributed by atoms with E-state index in [1.54, 1.807) is 10.6 Å². The standard InChI is InChI=1S/C21H20ClF3N4O2S/c1-3-29-18(11-31-17-9-13(2)7-8-16(17)22)27-28-20(29)32-12-19(30)26-15-6-4-5-14(10-15)21(23,24)25/h4-10H,3,11-12H2,1-2H3,(H,26,30). The average Bonchev–Trinajstić information content (AvgIpc) is 3.14. The highest BCUT2D eigenvalue weighted by Crippen LogP contribution is 2.31. The summed E-state index contributed by atoms with van der Waals surface area (Å²) < 4.78 is 46.0. The number of ether oxygens (including phenoxy) is 1. The number of anilines is 1. The third kappa shape index (κ3) is 6.17. The normalized spacial score (nSPS) is 11.4. The van der Waals surface area contributed by atoms with Crippen molar-refractivity contribution in [2.24, 2.45) is 0 Å². The molecule has 3 rings (SSSR count). The summed E-state index contributed by atoms with van der Waals surface area (Å²) >= 11 is 7.28. The van der Waals surface area contributed by atoms with Crippen molar-refractivity contribution < 1.29 is 22.7 Å². The number of hydrogen-bond acceptors (Lipinski definition) is 5. The minimum absolute atomic E-state index is 0.0427. The first-order valence-corrected chi connectivity index (χ1v) is 10.9. The number of carbonyl (C=O) groups is 1. The van der Waals surface area contributed by atoms with Crippen molar-refractivity contribution in [1.82, 2.24) is 14.8 Å². The Morgan fingerprint density at radius 1 is 1.22 bits per heavy atom. The number of amides is 1. The molecule has 0 fully saturated rings. The van der Waals surface area contributed by atoms with Gasteiger partial charge in [0.25, 0.3) is 0 Å². The molecule has 0 aliphatic heterocycles. The number of halogens is 4. The van der Waals surface area contributed by atoms with Crippen LogP contribution in [0.25, 0.3) is 0 Å². The largest absolute Gasteiger partial charge is 0.484 e. The van der Waals surface area contributed by atoms with Crippen LogP contribution in [0.4, 0.5) is 18.9 Å². The van der Waals surface area contributed by atoms with Crippen molar-refractivity contribution in [1.29, 1.82) is 0 Å². The predicted octanol–water partition coefficient (Wildman–Crippen LogP) is 5.59. The Bertz CT molecular complexity index is 1100. The van der Waals surface area contributed by atoms with Gasteiger partial charge in [-0.05, 0) is 49.7 Å². The Labute approximate surface area is 192 Å². The molecule has 2 aromatic carbocycles. The second-order valence-corrected chi connectivity index (χ2v) is 8.13. The molecule has 0 atom stereocenters. The molecule has 1 heterocycles. The van der Waals surface area contributed by atoms with Crippen LogP contribution >= 0.6 is 23.4 Å². The molecule has 0 radical (unpaired) electrons. The van der Waals surface area contributed by atoms with E-state index in [0.29, 0.717) is 28.3 Å². The number of carbonyl (C=O) groups excluding carboxylic acids is 1. The van der Waals surface area contributed by atoms with Gasteiger partial charge in [-0.25, -0.2) is 0 Å². The van der Waals surface area contributed by atoms with Gasteiger partial charge < -0.3 is 14.6 Å². The van der Waals surface area contributed by atoms with Crippen LogP contribution in [0.3, 0.4) is 0 Å². The van der Waals surface area contributed by atoms with E-state index in [4.69, 9.17) is 16.3 Å². The Hall–Kier alpha value is -2.72. The summed E-state index contributed by atoms with van der Waals surface area (Å²) in [6.45, 7) is 4.52. The van der Waals surface area contributed by atoms with Gasteiger partial charge in [-0.2, -0.15) is 13.2 Å². The van der Waals surface area contributed by atoms with Crippen LogP contribution in [0, 0.1) is 6.92 Å². The van der Waals surface area contributed by atoms with E-state index in [-0.39, 0.29) is 18.0 Å². The molecule has 0 saturated carbocycles. The number of benzene rings is 2.